The summed E-state index contributed by atoms with van der Waals surface area (Å²) in [5, 5.41) is 19.8. The van der Waals surface area contributed by atoms with Crippen molar-refractivity contribution in [2.24, 2.45) is 11.3 Å². The first-order valence-electron chi connectivity index (χ1n) is 7.19. The van der Waals surface area contributed by atoms with Crippen LogP contribution >= 0.6 is 15.9 Å². The van der Waals surface area contributed by atoms with Crippen LogP contribution in [-0.4, -0.2) is 30.5 Å². The van der Waals surface area contributed by atoms with E-state index in [0.29, 0.717) is 12.3 Å². The largest absolute Gasteiger partial charge is 0.497 e. The summed E-state index contributed by atoms with van der Waals surface area (Å²) in [6, 6.07) is 5.85. The van der Waals surface area contributed by atoms with Crippen LogP contribution in [0.4, 0.5) is 0 Å². The maximum atomic E-state index is 9.91. The second-order valence-corrected chi connectivity index (χ2v) is 6.65. The van der Waals surface area contributed by atoms with Crippen molar-refractivity contribution in [1.82, 2.24) is 0 Å². The predicted octanol–water partition coefficient (Wildman–Crippen LogP) is 3.16. The van der Waals surface area contributed by atoms with Crippen LogP contribution in [0.25, 0.3) is 0 Å². The summed E-state index contributed by atoms with van der Waals surface area (Å²) >= 11 is 3.56. The minimum Gasteiger partial charge on any atom is -0.497 e. The molecule has 2 rings (SSSR count). The molecule has 0 radical (unpaired) electrons. The van der Waals surface area contributed by atoms with Crippen LogP contribution in [0.3, 0.4) is 0 Å². The van der Waals surface area contributed by atoms with E-state index in [1.165, 1.54) is 12.8 Å². The van der Waals surface area contributed by atoms with Gasteiger partial charge in [-0.3, -0.25) is 0 Å². The Hall–Kier alpha value is -0.580. The maximum Gasteiger partial charge on any atom is 0.119 e. The summed E-state index contributed by atoms with van der Waals surface area (Å²) in [6.07, 6.45) is 5.27. The molecule has 2 N–H and O–H groups in total. The Bertz CT molecular complexity index is 437. The lowest BCUT2D eigenvalue weighted by atomic mass is 9.71. The zero-order chi connectivity index (χ0) is 14.6. The molecule has 1 aromatic rings. The van der Waals surface area contributed by atoms with Gasteiger partial charge in [0.15, 0.2) is 0 Å². The molecule has 20 heavy (non-hydrogen) atoms. The number of benzene rings is 1. The molecule has 0 aromatic heterocycles. The normalized spacial score (nSPS) is 16.6. The molecule has 1 saturated carbocycles. The van der Waals surface area contributed by atoms with Crippen molar-refractivity contribution < 1.29 is 14.9 Å². The molecule has 1 aliphatic rings. The highest BCUT2D eigenvalue weighted by atomic mass is 79.9. The molecule has 0 spiro atoms. The molecule has 0 heterocycles. The van der Waals surface area contributed by atoms with Crippen LogP contribution in [0.15, 0.2) is 22.7 Å². The van der Waals surface area contributed by atoms with E-state index in [1.807, 2.05) is 18.2 Å². The van der Waals surface area contributed by atoms with Gasteiger partial charge in [0.1, 0.15) is 5.75 Å². The number of ether oxygens (including phenoxy) is 1. The molecule has 0 aliphatic heterocycles. The molecule has 1 fully saturated rings. The number of hydrogen-bond donors (Lipinski definition) is 2. The van der Waals surface area contributed by atoms with Gasteiger partial charge in [-0.1, -0.05) is 28.8 Å². The fourth-order valence-corrected chi connectivity index (χ4v) is 3.68. The highest BCUT2D eigenvalue weighted by Crippen LogP contribution is 2.43. The van der Waals surface area contributed by atoms with E-state index >= 15 is 0 Å². The highest BCUT2D eigenvalue weighted by Gasteiger charge is 2.39. The van der Waals surface area contributed by atoms with Gasteiger partial charge in [-0.2, -0.15) is 0 Å². The minimum atomic E-state index is -0.425. The van der Waals surface area contributed by atoms with E-state index in [0.717, 1.165) is 28.6 Å². The van der Waals surface area contributed by atoms with Crippen LogP contribution in [0, 0.1) is 11.3 Å². The van der Waals surface area contributed by atoms with Crippen LogP contribution < -0.4 is 4.74 Å². The predicted molar refractivity (Wildman–Crippen MR) is 83.0 cm³/mol. The third-order valence-corrected chi connectivity index (χ3v) is 5.42. The van der Waals surface area contributed by atoms with E-state index in [2.05, 4.69) is 15.9 Å². The molecule has 0 saturated heterocycles. The zero-order valence-corrected chi connectivity index (χ0v) is 13.5. The van der Waals surface area contributed by atoms with E-state index in [9.17, 15) is 10.2 Å². The Labute approximate surface area is 129 Å². The number of halogens is 1. The van der Waals surface area contributed by atoms with Gasteiger partial charge in [-0.05, 0) is 48.9 Å². The first kappa shape index (κ1) is 15.8. The van der Waals surface area contributed by atoms with Crippen molar-refractivity contribution in [2.45, 2.75) is 32.1 Å². The number of hydrogen-bond acceptors (Lipinski definition) is 3. The Morgan fingerprint density at radius 2 is 1.90 bits per heavy atom. The summed E-state index contributed by atoms with van der Waals surface area (Å²) in [7, 11) is 1.65. The van der Waals surface area contributed by atoms with Crippen LogP contribution in [0.1, 0.15) is 31.2 Å². The van der Waals surface area contributed by atoms with Crippen molar-refractivity contribution in [3.63, 3.8) is 0 Å². The summed E-state index contributed by atoms with van der Waals surface area (Å²) in [4.78, 5) is 0. The molecule has 0 unspecified atom stereocenters. The third-order valence-electron chi connectivity index (χ3n) is 4.65. The molecule has 0 bridgehead atoms. The van der Waals surface area contributed by atoms with Crippen molar-refractivity contribution in [1.29, 1.82) is 0 Å². The Balaban J connectivity index is 2.27. The van der Waals surface area contributed by atoms with Crippen LogP contribution in [0.2, 0.25) is 0 Å². The molecule has 0 atom stereocenters. The first-order chi connectivity index (χ1) is 9.65. The second-order valence-electron chi connectivity index (χ2n) is 5.79. The summed E-state index contributed by atoms with van der Waals surface area (Å²) in [5.74, 6) is 1.20. The van der Waals surface area contributed by atoms with E-state index in [4.69, 9.17) is 4.74 Å². The quantitative estimate of drug-likeness (QED) is 0.834. The van der Waals surface area contributed by atoms with Gasteiger partial charge in [0.25, 0.3) is 0 Å². The zero-order valence-electron chi connectivity index (χ0n) is 11.9. The summed E-state index contributed by atoms with van der Waals surface area (Å²) in [6.45, 7) is 0.0512. The smallest absolute Gasteiger partial charge is 0.119 e. The van der Waals surface area contributed by atoms with Gasteiger partial charge in [0, 0.05) is 9.89 Å². The van der Waals surface area contributed by atoms with Crippen molar-refractivity contribution in [3.8, 4) is 5.75 Å². The van der Waals surface area contributed by atoms with Crippen molar-refractivity contribution in [3.05, 3.63) is 28.2 Å². The molecule has 4 heteroatoms. The lowest BCUT2D eigenvalue weighted by molar-refractivity contribution is 0.00555. The second kappa shape index (κ2) is 6.92. The third kappa shape index (κ3) is 3.18. The molecule has 1 aromatic carbocycles. The minimum absolute atomic E-state index is 0.0256. The van der Waals surface area contributed by atoms with Crippen molar-refractivity contribution >= 4 is 15.9 Å². The highest BCUT2D eigenvalue weighted by molar-refractivity contribution is 9.10. The standard InChI is InChI=1S/C16H23BrO3/c1-20-14-6-7-15(17)12(8-14)9-16(10-18,11-19)13-4-2-3-5-13/h6-8,13,18-19H,2-5,9-11H2,1H3. The fourth-order valence-electron chi connectivity index (χ4n) is 3.30. The van der Waals surface area contributed by atoms with Gasteiger partial charge in [-0.15, -0.1) is 0 Å². The lowest BCUT2D eigenvalue weighted by Gasteiger charge is -2.36. The van der Waals surface area contributed by atoms with E-state index in [1.54, 1.807) is 7.11 Å². The molecule has 1 aliphatic carbocycles. The Kier molecular flexibility index (Phi) is 5.47. The Morgan fingerprint density at radius 1 is 1.25 bits per heavy atom. The van der Waals surface area contributed by atoms with Crippen LogP contribution in [0.5, 0.6) is 5.75 Å². The van der Waals surface area contributed by atoms with Gasteiger partial charge in [0.2, 0.25) is 0 Å². The molecule has 3 nitrogen and oxygen atoms in total. The van der Waals surface area contributed by atoms with Gasteiger partial charge >= 0.3 is 0 Å². The number of rotatable bonds is 6. The van der Waals surface area contributed by atoms with Gasteiger partial charge in [0.05, 0.1) is 20.3 Å². The number of aliphatic hydroxyl groups is 2. The average Bonchev–Trinajstić information content (AvgIpc) is 3.01. The maximum absolute atomic E-state index is 9.91. The average molecular weight is 343 g/mol. The fraction of sp³-hybridized carbons (Fsp3) is 0.625. The van der Waals surface area contributed by atoms with Crippen molar-refractivity contribution in [2.75, 3.05) is 20.3 Å². The van der Waals surface area contributed by atoms with Gasteiger partial charge in [-0.25, -0.2) is 0 Å². The van der Waals surface area contributed by atoms with Gasteiger partial charge < -0.3 is 14.9 Å². The van der Waals surface area contributed by atoms with E-state index in [-0.39, 0.29) is 13.2 Å². The number of aliphatic hydroxyl groups excluding tert-OH is 2. The lowest BCUT2D eigenvalue weighted by Crippen LogP contribution is -2.39. The Morgan fingerprint density at radius 3 is 2.45 bits per heavy atom. The topological polar surface area (TPSA) is 49.7 Å². The molecule has 112 valence electrons. The summed E-state index contributed by atoms with van der Waals surface area (Å²) in [5.41, 5.74) is 0.658. The molecular formula is C16H23BrO3. The monoisotopic (exact) mass is 342 g/mol. The first-order valence-corrected chi connectivity index (χ1v) is 7.98. The van der Waals surface area contributed by atoms with Crippen LogP contribution in [-0.2, 0) is 6.42 Å². The molecular weight excluding hydrogens is 320 g/mol. The van der Waals surface area contributed by atoms with E-state index < -0.39 is 5.41 Å². The SMILES string of the molecule is COc1ccc(Br)c(CC(CO)(CO)C2CCCC2)c1. The number of methoxy groups -OCH3 is 1. The summed E-state index contributed by atoms with van der Waals surface area (Å²) < 4.78 is 6.27. The molecule has 0 amide bonds.